The minimum Gasteiger partial charge on any atom is -0.313 e. The molecular formula is C16H23Cl2N. The van der Waals surface area contributed by atoms with Crippen LogP contribution in [-0.4, -0.2) is 12.6 Å². The topological polar surface area (TPSA) is 12.0 Å². The molecule has 0 aromatic heterocycles. The van der Waals surface area contributed by atoms with Crippen molar-refractivity contribution < 1.29 is 0 Å². The molecule has 1 N–H and O–H groups in total. The Hall–Kier alpha value is -0.240. The quantitative estimate of drug-likeness (QED) is 0.733. The first-order valence-corrected chi connectivity index (χ1v) is 8.16. The highest BCUT2D eigenvalue weighted by molar-refractivity contribution is 6.33. The van der Waals surface area contributed by atoms with Gasteiger partial charge in [0.2, 0.25) is 0 Å². The van der Waals surface area contributed by atoms with Crippen molar-refractivity contribution in [3.05, 3.63) is 33.8 Å². The Morgan fingerprint density at radius 2 is 1.95 bits per heavy atom. The predicted octanol–water partition coefficient (Wildman–Crippen LogP) is 5.41. The Bertz CT molecular complexity index is 406. The van der Waals surface area contributed by atoms with Crippen LogP contribution in [0, 0.1) is 0 Å². The number of hydrogen-bond donors (Lipinski definition) is 1. The first-order valence-electron chi connectivity index (χ1n) is 7.40. The van der Waals surface area contributed by atoms with Gasteiger partial charge in [-0.25, -0.2) is 0 Å². The minimum absolute atomic E-state index is 0.500. The van der Waals surface area contributed by atoms with Crippen LogP contribution in [0.3, 0.4) is 0 Å². The van der Waals surface area contributed by atoms with E-state index >= 15 is 0 Å². The van der Waals surface area contributed by atoms with Gasteiger partial charge in [0.05, 0.1) is 0 Å². The highest BCUT2D eigenvalue weighted by atomic mass is 35.5. The Morgan fingerprint density at radius 1 is 1.16 bits per heavy atom. The van der Waals surface area contributed by atoms with E-state index in [0.717, 1.165) is 16.6 Å². The molecular weight excluding hydrogens is 277 g/mol. The van der Waals surface area contributed by atoms with Crippen LogP contribution in [0.1, 0.15) is 56.9 Å². The SMILES string of the molecule is CCCNC1CCCCCC1c1cc(Cl)ccc1Cl. The summed E-state index contributed by atoms with van der Waals surface area (Å²) in [5, 5.41) is 5.36. The number of hydrogen-bond acceptors (Lipinski definition) is 1. The van der Waals surface area contributed by atoms with Gasteiger partial charge in [-0.15, -0.1) is 0 Å². The molecule has 2 rings (SSSR count). The Balaban J connectivity index is 2.23. The first-order chi connectivity index (χ1) is 9.22. The van der Waals surface area contributed by atoms with E-state index in [2.05, 4.69) is 18.3 Å². The lowest BCUT2D eigenvalue weighted by molar-refractivity contribution is 0.411. The molecule has 0 aliphatic heterocycles. The fourth-order valence-electron chi connectivity index (χ4n) is 3.05. The van der Waals surface area contributed by atoms with E-state index in [0.29, 0.717) is 12.0 Å². The number of rotatable bonds is 4. The molecule has 0 bridgehead atoms. The maximum atomic E-state index is 6.40. The largest absolute Gasteiger partial charge is 0.313 e. The molecule has 2 atom stereocenters. The van der Waals surface area contributed by atoms with Gasteiger partial charge < -0.3 is 5.32 Å². The second-order valence-corrected chi connectivity index (χ2v) is 6.31. The van der Waals surface area contributed by atoms with Crippen molar-refractivity contribution in [1.82, 2.24) is 5.32 Å². The molecule has 1 saturated carbocycles. The van der Waals surface area contributed by atoms with Crippen molar-refractivity contribution in [3.8, 4) is 0 Å². The summed E-state index contributed by atoms with van der Waals surface area (Å²) in [4.78, 5) is 0. The van der Waals surface area contributed by atoms with Crippen molar-refractivity contribution in [3.63, 3.8) is 0 Å². The third-order valence-corrected chi connectivity index (χ3v) is 4.61. The molecule has 106 valence electrons. The van der Waals surface area contributed by atoms with Gasteiger partial charge in [0.15, 0.2) is 0 Å². The monoisotopic (exact) mass is 299 g/mol. The standard InChI is InChI=1S/C16H23Cl2N/c1-2-10-19-16-7-5-3-4-6-13(16)14-11-12(17)8-9-15(14)18/h8-9,11,13,16,19H,2-7,10H2,1H3. The van der Waals surface area contributed by atoms with Crippen molar-refractivity contribution >= 4 is 23.2 Å². The van der Waals surface area contributed by atoms with Crippen LogP contribution in [0.4, 0.5) is 0 Å². The van der Waals surface area contributed by atoms with Crippen LogP contribution in [-0.2, 0) is 0 Å². The van der Waals surface area contributed by atoms with E-state index in [1.54, 1.807) is 0 Å². The third kappa shape index (κ3) is 4.11. The lowest BCUT2D eigenvalue weighted by atomic mass is 9.87. The van der Waals surface area contributed by atoms with Gasteiger partial charge >= 0.3 is 0 Å². The van der Waals surface area contributed by atoms with E-state index in [4.69, 9.17) is 23.2 Å². The van der Waals surface area contributed by atoms with E-state index < -0.39 is 0 Å². The Morgan fingerprint density at radius 3 is 2.74 bits per heavy atom. The Labute approximate surface area is 126 Å². The Kier molecular flexibility index (Phi) is 6.00. The summed E-state index contributed by atoms with van der Waals surface area (Å²) in [5.74, 6) is 0.500. The van der Waals surface area contributed by atoms with Crippen molar-refractivity contribution in [1.29, 1.82) is 0 Å². The molecule has 0 radical (unpaired) electrons. The van der Waals surface area contributed by atoms with Crippen molar-refractivity contribution in [2.75, 3.05) is 6.54 Å². The molecule has 19 heavy (non-hydrogen) atoms. The first kappa shape index (κ1) is 15.2. The fourth-order valence-corrected chi connectivity index (χ4v) is 3.49. The molecule has 0 heterocycles. The number of nitrogens with one attached hydrogen (secondary N) is 1. The van der Waals surface area contributed by atoms with Crippen LogP contribution in [0.25, 0.3) is 0 Å². The van der Waals surface area contributed by atoms with E-state index in [9.17, 15) is 0 Å². The highest BCUT2D eigenvalue weighted by Crippen LogP contribution is 2.36. The van der Waals surface area contributed by atoms with E-state index in [1.165, 1.54) is 44.1 Å². The molecule has 0 spiro atoms. The fraction of sp³-hybridized carbons (Fsp3) is 0.625. The maximum absolute atomic E-state index is 6.40. The molecule has 1 nitrogen and oxygen atoms in total. The van der Waals surface area contributed by atoms with Crippen LogP contribution in [0.5, 0.6) is 0 Å². The molecule has 1 fully saturated rings. The second kappa shape index (κ2) is 7.52. The zero-order valence-electron chi connectivity index (χ0n) is 11.6. The predicted molar refractivity (Wildman–Crippen MR) is 84.4 cm³/mol. The molecule has 1 aliphatic carbocycles. The summed E-state index contributed by atoms with van der Waals surface area (Å²) < 4.78 is 0. The summed E-state index contributed by atoms with van der Waals surface area (Å²) in [5.41, 5.74) is 1.23. The van der Waals surface area contributed by atoms with Gasteiger partial charge in [0.25, 0.3) is 0 Å². The van der Waals surface area contributed by atoms with Crippen LogP contribution in [0.15, 0.2) is 18.2 Å². The molecule has 3 heteroatoms. The lowest BCUT2D eigenvalue weighted by Gasteiger charge is -2.27. The normalized spacial score (nSPS) is 24.2. The molecule has 0 saturated heterocycles. The third-order valence-electron chi connectivity index (χ3n) is 4.03. The van der Waals surface area contributed by atoms with Crippen LogP contribution >= 0.6 is 23.2 Å². The van der Waals surface area contributed by atoms with Crippen LogP contribution in [0.2, 0.25) is 10.0 Å². The summed E-state index contributed by atoms with van der Waals surface area (Å²) in [6.45, 7) is 3.30. The summed E-state index contributed by atoms with van der Waals surface area (Å²) >= 11 is 12.5. The lowest BCUT2D eigenvalue weighted by Crippen LogP contribution is -2.35. The maximum Gasteiger partial charge on any atom is 0.0442 e. The van der Waals surface area contributed by atoms with E-state index in [-0.39, 0.29) is 0 Å². The summed E-state index contributed by atoms with van der Waals surface area (Å²) in [6.07, 6.45) is 7.56. The van der Waals surface area contributed by atoms with Crippen LogP contribution < -0.4 is 5.32 Å². The zero-order valence-corrected chi connectivity index (χ0v) is 13.1. The number of benzene rings is 1. The average molecular weight is 300 g/mol. The van der Waals surface area contributed by atoms with Gasteiger partial charge in [-0.1, -0.05) is 49.4 Å². The highest BCUT2D eigenvalue weighted by Gasteiger charge is 2.26. The van der Waals surface area contributed by atoms with E-state index in [1.807, 2.05) is 12.1 Å². The minimum atomic E-state index is 0.500. The van der Waals surface area contributed by atoms with Crippen molar-refractivity contribution in [2.24, 2.45) is 0 Å². The van der Waals surface area contributed by atoms with Gasteiger partial charge in [0, 0.05) is 22.0 Å². The van der Waals surface area contributed by atoms with Gasteiger partial charge in [-0.3, -0.25) is 0 Å². The molecule has 1 aromatic carbocycles. The molecule has 1 aliphatic rings. The molecule has 1 aromatic rings. The van der Waals surface area contributed by atoms with Gasteiger partial charge in [-0.2, -0.15) is 0 Å². The summed E-state index contributed by atoms with van der Waals surface area (Å²) in [7, 11) is 0. The van der Waals surface area contributed by atoms with Crippen molar-refractivity contribution in [2.45, 2.75) is 57.4 Å². The smallest absolute Gasteiger partial charge is 0.0442 e. The summed E-state index contributed by atoms with van der Waals surface area (Å²) in [6, 6.07) is 6.40. The number of halogens is 2. The molecule has 0 amide bonds. The molecule has 2 unspecified atom stereocenters. The average Bonchev–Trinajstić information content (AvgIpc) is 2.64. The zero-order chi connectivity index (χ0) is 13.7. The van der Waals surface area contributed by atoms with Gasteiger partial charge in [0.1, 0.15) is 0 Å². The second-order valence-electron chi connectivity index (χ2n) is 5.47. The van der Waals surface area contributed by atoms with Gasteiger partial charge in [-0.05, 0) is 49.6 Å².